The normalized spacial score (nSPS) is 26.7. The average Bonchev–Trinajstić information content (AvgIpc) is 3.14. The van der Waals surface area contributed by atoms with Gasteiger partial charge in [0, 0.05) is 30.7 Å². The van der Waals surface area contributed by atoms with E-state index in [1.54, 1.807) is 11.8 Å². The number of halogens is 3. The molecule has 1 saturated carbocycles. The monoisotopic (exact) mass is 518 g/mol. The van der Waals surface area contributed by atoms with Crippen LogP contribution in [0.4, 0.5) is 13.2 Å². The lowest BCUT2D eigenvalue weighted by Gasteiger charge is -2.42. The highest BCUT2D eigenvalue weighted by Crippen LogP contribution is 2.41. The fourth-order valence-corrected chi connectivity index (χ4v) is 6.54. The third kappa shape index (κ3) is 4.19. The Hall–Kier alpha value is -2.20. The summed E-state index contributed by atoms with van der Waals surface area (Å²) in [5.41, 5.74) is 5.52. The number of nitrogens with one attached hydrogen (secondary N) is 4. The topological polar surface area (TPSA) is 115 Å². The van der Waals surface area contributed by atoms with Crippen LogP contribution in [-0.2, 0) is 10.0 Å². The molecule has 1 saturated heterocycles. The van der Waals surface area contributed by atoms with Crippen LogP contribution in [0.3, 0.4) is 0 Å². The van der Waals surface area contributed by atoms with Gasteiger partial charge in [0.1, 0.15) is 10.6 Å². The van der Waals surface area contributed by atoms with Gasteiger partial charge >= 0.3 is 0 Å². The van der Waals surface area contributed by atoms with Crippen molar-refractivity contribution < 1.29 is 21.6 Å². The maximum Gasteiger partial charge on any atom is 0.291 e. The fraction of sp³-hybridized carbons (Fsp3) is 0.579. The third-order valence-corrected chi connectivity index (χ3v) is 8.64. The Morgan fingerprint density at radius 3 is 2.50 bits per heavy atom. The number of piperazine rings is 1. The van der Waals surface area contributed by atoms with Crippen LogP contribution < -0.4 is 21.0 Å². The highest BCUT2D eigenvalue weighted by atomic mass is 32.2. The van der Waals surface area contributed by atoms with Crippen LogP contribution in [0.1, 0.15) is 50.1 Å². The van der Waals surface area contributed by atoms with Gasteiger partial charge in [-0.25, -0.2) is 31.3 Å². The smallest absolute Gasteiger partial charge is 0.291 e. The van der Waals surface area contributed by atoms with Crippen molar-refractivity contribution >= 4 is 27.1 Å². The van der Waals surface area contributed by atoms with E-state index in [4.69, 9.17) is 0 Å². The van der Waals surface area contributed by atoms with E-state index in [1.165, 1.54) is 11.1 Å². The quantitative estimate of drug-likeness (QED) is 0.446. The molecular weight excluding hydrogens is 493 g/mol. The molecule has 0 amide bonds. The first-order valence-corrected chi connectivity index (χ1v) is 13.1. The van der Waals surface area contributed by atoms with Gasteiger partial charge < -0.3 is 10.2 Å². The van der Waals surface area contributed by atoms with Crippen LogP contribution in [0, 0.1) is 0 Å². The molecule has 3 aliphatic heterocycles. The average molecular weight is 519 g/mol. The number of nitrogens with zero attached hydrogens (tertiary/aromatic N) is 4. The lowest BCUT2D eigenvalue weighted by molar-refractivity contribution is 0.137. The number of alkyl halides is 2. The molecule has 1 aromatic rings. The lowest BCUT2D eigenvalue weighted by Crippen LogP contribution is -2.57. The van der Waals surface area contributed by atoms with Crippen molar-refractivity contribution in [2.75, 3.05) is 13.1 Å². The maximum atomic E-state index is 16.0. The SMILES string of the molecule is C[C@H]1CN(C2=C(F)C(S(=O)(=O)NC3(C)CC3)=CC3=C(c4nnc(C(F)F)s4)NNN32)C[C@H](C)N1. The van der Waals surface area contributed by atoms with Crippen LogP contribution in [0.25, 0.3) is 5.70 Å². The summed E-state index contributed by atoms with van der Waals surface area (Å²) in [4.78, 5) is 1.26. The second-order valence-electron chi connectivity index (χ2n) is 9.26. The molecule has 0 bridgehead atoms. The Labute approximate surface area is 199 Å². The Balaban J connectivity index is 1.63. The second-order valence-corrected chi connectivity index (χ2v) is 11.9. The summed E-state index contributed by atoms with van der Waals surface area (Å²) in [7, 11) is -4.21. The maximum absolute atomic E-state index is 16.0. The molecule has 2 fully saturated rings. The van der Waals surface area contributed by atoms with Gasteiger partial charge in [-0.2, -0.15) is 0 Å². The zero-order valence-electron chi connectivity index (χ0n) is 18.7. The summed E-state index contributed by atoms with van der Waals surface area (Å²) in [6, 6.07) is 0.0514. The van der Waals surface area contributed by atoms with Gasteiger partial charge in [0.2, 0.25) is 10.0 Å². The summed E-state index contributed by atoms with van der Waals surface area (Å²) in [5.74, 6) is -0.872. The molecule has 10 nitrogen and oxygen atoms in total. The second kappa shape index (κ2) is 8.19. The van der Waals surface area contributed by atoms with Gasteiger partial charge in [-0.1, -0.05) is 11.3 Å². The molecule has 0 aromatic carbocycles. The highest BCUT2D eigenvalue weighted by molar-refractivity contribution is 7.93. The number of sulfonamides is 1. The van der Waals surface area contributed by atoms with E-state index in [0.717, 1.165) is 0 Å². The summed E-state index contributed by atoms with van der Waals surface area (Å²) < 4.78 is 71.2. The number of fused-ring (bicyclic) bond motifs is 1. The Morgan fingerprint density at radius 2 is 1.91 bits per heavy atom. The minimum absolute atomic E-state index is 0.0257. The molecule has 186 valence electrons. The standard InChI is InChI=1S/C19H25F3N8O2S2/c1-9-7-29(8-10(2)23-9)18-13(20)12(34(31,32)27-19(3)4-5-19)6-11-14(24-28-30(11)18)16-25-26-17(33-16)15(21)22/h6,9-10,15,23-24,27-28H,4-5,7-8H2,1-3H3/t9-,10-/m0/s1. The zero-order chi connectivity index (χ0) is 24.4. The van der Waals surface area contributed by atoms with Gasteiger partial charge in [0.15, 0.2) is 21.7 Å². The van der Waals surface area contributed by atoms with Gasteiger partial charge in [-0.15, -0.1) is 15.7 Å². The number of rotatable bonds is 6. The van der Waals surface area contributed by atoms with E-state index >= 15 is 4.39 Å². The van der Waals surface area contributed by atoms with E-state index in [9.17, 15) is 17.2 Å². The lowest BCUT2D eigenvalue weighted by atomic mass is 10.1. The van der Waals surface area contributed by atoms with Crippen molar-refractivity contribution in [2.45, 2.75) is 57.7 Å². The highest BCUT2D eigenvalue weighted by Gasteiger charge is 2.46. The largest absolute Gasteiger partial charge is 0.351 e. The Kier molecular flexibility index (Phi) is 5.67. The molecule has 0 spiro atoms. The van der Waals surface area contributed by atoms with Crippen LogP contribution in [0.15, 0.2) is 28.3 Å². The van der Waals surface area contributed by atoms with Gasteiger partial charge in [-0.05, 0) is 39.7 Å². The third-order valence-electron chi connectivity index (χ3n) is 6.05. The van der Waals surface area contributed by atoms with Crippen molar-refractivity contribution in [3.8, 4) is 0 Å². The predicted octanol–water partition coefficient (Wildman–Crippen LogP) is 1.66. The van der Waals surface area contributed by atoms with Crippen molar-refractivity contribution in [2.24, 2.45) is 0 Å². The van der Waals surface area contributed by atoms with Crippen LogP contribution >= 0.6 is 11.3 Å². The molecule has 34 heavy (non-hydrogen) atoms. The molecule has 1 aliphatic carbocycles. The first-order chi connectivity index (χ1) is 16.0. The first-order valence-electron chi connectivity index (χ1n) is 10.8. The Bertz CT molecular complexity index is 1200. The van der Waals surface area contributed by atoms with Crippen LogP contribution in [0.5, 0.6) is 0 Å². The molecule has 4 heterocycles. The van der Waals surface area contributed by atoms with E-state index in [1.807, 2.05) is 13.8 Å². The molecule has 2 atom stereocenters. The van der Waals surface area contributed by atoms with Crippen molar-refractivity contribution in [1.29, 1.82) is 0 Å². The number of hydrogen-bond acceptors (Lipinski definition) is 10. The van der Waals surface area contributed by atoms with Gasteiger partial charge in [0.25, 0.3) is 6.43 Å². The van der Waals surface area contributed by atoms with E-state index in [2.05, 4.69) is 31.2 Å². The van der Waals surface area contributed by atoms with Crippen LogP contribution in [0.2, 0.25) is 0 Å². The van der Waals surface area contributed by atoms with Crippen molar-refractivity contribution in [3.05, 3.63) is 38.3 Å². The van der Waals surface area contributed by atoms with Crippen LogP contribution in [-0.4, -0.2) is 59.2 Å². The number of allylic oxidation sites excluding steroid dienone is 2. The summed E-state index contributed by atoms with van der Waals surface area (Å²) in [5, 5.41) is 11.7. The Morgan fingerprint density at radius 1 is 1.24 bits per heavy atom. The molecular formula is C19H25F3N8O2S2. The minimum atomic E-state index is -4.21. The number of hydrazine groups is 2. The molecule has 15 heteroatoms. The predicted molar refractivity (Wildman–Crippen MR) is 119 cm³/mol. The van der Waals surface area contributed by atoms with Crippen molar-refractivity contribution in [1.82, 2.24) is 41.1 Å². The van der Waals surface area contributed by atoms with Gasteiger partial charge in [-0.3, -0.25) is 5.43 Å². The molecule has 5 rings (SSSR count). The van der Waals surface area contributed by atoms with E-state index < -0.39 is 37.7 Å². The van der Waals surface area contributed by atoms with E-state index in [0.29, 0.717) is 37.3 Å². The summed E-state index contributed by atoms with van der Waals surface area (Å²) >= 11 is 0.674. The molecule has 0 unspecified atom stereocenters. The zero-order valence-corrected chi connectivity index (χ0v) is 20.3. The first kappa shape index (κ1) is 23.5. The molecule has 1 aromatic heterocycles. The minimum Gasteiger partial charge on any atom is -0.351 e. The van der Waals surface area contributed by atoms with Crippen molar-refractivity contribution in [3.63, 3.8) is 0 Å². The van der Waals surface area contributed by atoms with E-state index in [-0.39, 0.29) is 34.3 Å². The fourth-order valence-electron chi connectivity index (χ4n) is 4.28. The number of aromatic nitrogens is 2. The summed E-state index contributed by atoms with van der Waals surface area (Å²) in [6.07, 6.45) is -0.280. The number of hydrogen-bond donors (Lipinski definition) is 4. The summed E-state index contributed by atoms with van der Waals surface area (Å²) in [6.45, 7) is 6.54. The molecule has 0 radical (unpaired) electrons. The van der Waals surface area contributed by atoms with Gasteiger partial charge in [0.05, 0.1) is 5.70 Å². The molecule has 4 aliphatic rings. The molecule has 4 N–H and O–H groups in total.